The van der Waals surface area contributed by atoms with Gasteiger partial charge in [0.05, 0.1) is 6.04 Å². The third kappa shape index (κ3) is 2.59. The van der Waals surface area contributed by atoms with Crippen LogP contribution in [-0.2, 0) is 7.05 Å². The second-order valence-electron chi connectivity index (χ2n) is 5.91. The summed E-state index contributed by atoms with van der Waals surface area (Å²) in [6.45, 7) is 5.94. The van der Waals surface area contributed by atoms with Gasteiger partial charge in [-0.15, -0.1) is 0 Å². The van der Waals surface area contributed by atoms with Crippen LogP contribution >= 0.6 is 0 Å². The third-order valence-corrected chi connectivity index (χ3v) is 4.34. The number of aromatic nitrogens is 2. The van der Waals surface area contributed by atoms with E-state index in [2.05, 4.69) is 33.7 Å². The number of rotatable bonds is 5. The first-order chi connectivity index (χ1) is 8.74. The van der Waals surface area contributed by atoms with E-state index in [4.69, 9.17) is 0 Å². The van der Waals surface area contributed by atoms with Gasteiger partial charge < -0.3 is 14.8 Å². The monoisotopic (exact) mass is 248 g/mol. The molecule has 1 saturated heterocycles. The number of likely N-dealkylation sites (tertiary alicyclic amines) is 1. The minimum absolute atomic E-state index is 0.347. The van der Waals surface area contributed by atoms with Crippen molar-refractivity contribution in [1.29, 1.82) is 0 Å². The van der Waals surface area contributed by atoms with Crippen LogP contribution in [-0.4, -0.2) is 40.1 Å². The molecule has 2 fully saturated rings. The molecule has 2 atom stereocenters. The SMILES string of the molecule is CC(NCC1CCN(C2CC2)C1)c1nccn1C. The largest absolute Gasteiger partial charge is 0.337 e. The second kappa shape index (κ2) is 5.02. The Balaban J connectivity index is 1.45. The first-order valence-corrected chi connectivity index (χ1v) is 7.18. The Bertz CT molecular complexity index is 396. The third-order valence-electron chi connectivity index (χ3n) is 4.34. The van der Waals surface area contributed by atoms with E-state index in [-0.39, 0.29) is 0 Å². The molecular formula is C14H24N4. The average molecular weight is 248 g/mol. The summed E-state index contributed by atoms with van der Waals surface area (Å²) in [5.74, 6) is 1.96. The summed E-state index contributed by atoms with van der Waals surface area (Å²) in [6.07, 6.45) is 8.11. The molecule has 2 unspecified atom stereocenters. The first-order valence-electron chi connectivity index (χ1n) is 7.18. The molecule has 1 aliphatic heterocycles. The molecule has 1 aromatic heterocycles. The van der Waals surface area contributed by atoms with Gasteiger partial charge in [0.15, 0.2) is 0 Å². The van der Waals surface area contributed by atoms with E-state index in [9.17, 15) is 0 Å². The second-order valence-corrected chi connectivity index (χ2v) is 5.91. The van der Waals surface area contributed by atoms with Crippen LogP contribution in [0.4, 0.5) is 0 Å². The lowest BCUT2D eigenvalue weighted by atomic mass is 10.1. The zero-order chi connectivity index (χ0) is 12.5. The summed E-state index contributed by atoms with van der Waals surface area (Å²) >= 11 is 0. The Morgan fingerprint density at radius 3 is 2.94 bits per heavy atom. The Morgan fingerprint density at radius 1 is 1.44 bits per heavy atom. The van der Waals surface area contributed by atoms with Crippen molar-refractivity contribution < 1.29 is 0 Å². The van der Waals surface area contributed by atoms with Crippen molar-refractivity contribution in [1.82, 2.24) is 19.8 Å². The van der Waals surface area contributed by atoms with E-state index in [1.54, 1.807) is 0 Å². The molecule has 0 aromatic carbocycles. The number of imidazole rings is 1. The number of aryl methyl sites for hydroxylation is 1. The highest BCUT2D eigenvalue weighted by Gasteiger charge is 2.34. The van der Waals surface area contributed by atoms with E-state index in [0.717, 1.165) is 24.3 Å². The molecule has 18 heavy (non-hydrogen) atoms. The topological polar surface area (TPSA) is 33.1 Å². The fourth-order valence-electron chi connectivity index (χ4n) is 3.03. The van der Waals surface area contributed by atoms with Crippen molar-refractivity contribution in [2.45, 2.75) is 38.3 Å². The quantitative estimate of drug-likeness (QED) is 0.858. The Morgan fingerprint density at radius 2 is 2.28 bits per heavy atom. The Kier molecular flexibility index (Phi) is 3.39. The van der Waals surface area contributed by atoms with E-state index >= 15 is 0 Å². The smallest absolute Gasteiger partial charge is 0.125 e. The van der Waals surface area contributed by atoms with Crippen molar-refractivity contribution in [2.24, 2.45) is 13.0 Å². The molecule has 1 saturated carbocycles. The van der Waals surface area contributed by atoms with Crippen LogP contribution in [0.15, 0.2) is 12.4 Å². The maximum atomic E-state index is 4.40. The van der Waals surface area contributed by atoms with Crippen molar-refractivity contribution in [3.05, 3.63) is 18.2 Å². The normalized spacial score (nSPS) is 26.7. The van der Waals surface area contributed by atoms with Crippen molar-refractivity contribution >= 4 is 0 Å². The van der Waals surface area contributed by atoms with Gasteiger partial charge in [-0.1, -0.05) is 0 Å². The molecule has 4 nitrogen and oxygen atoms in total. The number of hydrogen-bond acceptors (Lipinski definition) is 3. The predicted octanol–water partition coefficient (Wildman–Crippen LogP) is 1.55. The molecule has 0 radical (unpaired) electrons. The van der Waals surface area contributed by atoms with Crippen LogP contribution in [0.2, 0.25) is 0 Å². The summed E-state index contributed by atoms with van der Waals surface area (Å²) in [7, 11) is 2.06. The molecule has 0 bridgehead atoms. The molecule has 0 amide bonds. The fourth-order valence-corrected chi connectivity index (χ4v) is 3.03. The first kappa shape index (κ1) is 12.2. The highest BCUT2D eigenvalue weighted by molar-refractivity contribution is 4.97. The Labute approximate surface area is 109 Å². The lowest BCUT2D eigenvalue weighted by Gasteiger charge is -2.18. The van der Waals surface area contributed by atoms with Gasteiger partial charge >= 0.3 is 0 Å². The fraction of sp³-hybridized carbons (Fsp3) is 0.786. The van der Waals surface area contributed by atoms with Crippen LogP contribution in [0.25, 0.3) is 0 Å². The molecule has 100 valence electrons. The van der Waals surface area contributed by atoms with Gasteiger partial charge in [0.2, 0.25) is 0 Å². The average Bonchev–Trinajstić information content (AvgIpc) is 2.95. The number of nitrogens with one attached hydrogen (secondary N) is 1. The highest BCUT2D eigenvalue weighted by Crippen LogP contribution is 2.31. The van der Waals surface area contributed by atoms with Crippen LogP contribution in [0, 0.1) is 5.92 Å². The van der Waals surface area contributed by atoms with Crippen molar-refractivity contribution in [2.75, 3.05) is 19.6 Å². The molecule has 0 spiro atoms. The van der Waals surface area contributed by atoms with Gasteiger partial charge in [-0.25, -0.2) is 4.98 Å². The van der Waals surface area contributed by atoms with E-state index in [0.29, 0.717) is 6.04 Å². The van der Waals surface area contributed by atoms with Crippen molar-refractivity contribution in [3.63, 3.8) is 0 Å². The van der Waals surface area contributed by atoms with E-state index < -0.39 is 0 Å². The molecule has 4 heteroatoms. The lowest BCUT2D eigenvalue weighted by molar-refractivity contribution is 0.309. The van der Waals surface area contributed by atoms with Crippen molar-refractivity contribution in [3.8, 4) is 0 Å². The molecule has 3 rings (SSSR count). The Hall–Kier alpha value is -0.870. The minimum atomic E-state index is 0.347. The molecule has 1 aliphatic carbocycles. The zero-order valence-corrected chi connectivity index (χ0v) is 11.5. The summed E-state index contributed by atoms with van der Waals surface area (Å²) in [5.41, 5.74) is 0. The number of nitrogens with zero attached hydrogens (tertiary/aromatic N) is 3. The molecule has 1 aromatic rings. The standard InChI is InChI=1S/C14H24N4/c1-11(14-15-6-8-17(14)2)16-9-12-5-7-18(10-12)13-3-4-13/h6,8,11-13,16H,3-5,7,9-10H2,1-2H3. The van der Waals surface area contributed by atoms with Crippen LogP contribution < -0.4 is 5.32 Å². The van der Waals surface area contributed by atoms with Crippen LogP contribution in [0.1, 0.15) is 38.1 Å². The summed E-state index contributed by atoms with van der Waals surface area (Å²) < 4.78 is 2.10. The summed E-state index contributed by atoms with van der Waals surface area (Å²) in [6, 6.07) is 1.28. The van der Waals surface area contributed by atoms with Gasteiger partial charge in [-0.05, 0) is 45.2 Å². The molecular weight excluding hydrogens is 224 g/mol. The van der Waals surface area contributed by atoms with Gasteiger partial charge in [0.1, 0.15) is 5.82 Å². The molecule has 2 aliphatic rings. The van der Waals surface area contributed by atoms with Crippen LogP contribution in [0.5, 0.6) is 0 Å². The van der Waals surface area contributed by atoms with Gasteiger partial charge in [0, 0.05) is 32.0 Å². The zero-order valence-electron chi connectivity index (χ0n) is 11.5. The minimum Gasteiger partial charge on any atom is -0.337 e. The van der Waals surface area contributed by atoms with E-state index in [1.165, 1.54) is 32.4 Å². The van der Waals surface area contributed by atoms with Gasteiger partial charge in [-0.2, -0.15) is 0 Å². The maximum absolute atomic E-state index is 4.40. The molecule has 1 N–H and O–H groups in total. The highest BCUT2D eigenvalue weighted by atomic mass is 15.2. The van der Waals surface area contributed by atoms with Gasteiger partial charge in [0.25, 0.3) is 0 Å². The summed E-state index contributed by atoms with van der Waals surface area (Å²) in [4.78, 5) is 7.08. The summed E-state index contributed by atoms with van der Waals surface area (Å²) in [5, 5.41) is 3.64. The predicted molar refractivity (Wildman–Crippen MR) is 72.3 cm³/mol. The molecule has 2 heterocycles. The van der Waals surface area contributed by atoms with E-state index in [1.807, 2.05) is 12.4 Å². The maximum Gasteiger partial charge on any atom is 0.125 e. The van der Waals surface area contributed by atoms with Crippen LogP contribution in [0.3, 0.4) is 0 Å². The lowest BCUT2D eigenvalue weighted by Crippen LogP contribution is -2.30. The van der Waals surface area contributed by atoms with Gasteiger partial charge in [-0.3, -0.25) is 0 Å². The number of hydrogen-bond donors (Lipinski definition) is 1.